The normalized spacial score (nSPS) is 19.9. The molecule has 2 aromatic carbocycles. The number of carbonyl (C=O) groups excluding carboxylic acids is 2. The van der Waals surface area contributed by atoms with Crippen LogP contribution in [0.2, 0.25) is 5.02 Å². The van der Waals surface area contributed by atoms with Gasteiger partial charge in [-0.05, 0) is 80.2 Å². The number of hydrogen-bond acceptors (Lipinski definition) is 7. The maximum absolute atomic E-state index is 12.3. The van der Waals surface area contributed by atoms with E-state index in [1.54, 1.807) is 17.9 Å². The average molecular weight is 599 g/mol. The Morgan fingerprint density at radius 1 is 1.14 bits per heavy atom. The van der Waals surface area contributed by atoms with Crippen LogP contribution in [0.1, 0.15) is 50.3 Å². The first-order chi connectivity index (χ1) is 19.8. The molecule has 1 aliphatic rings. The van der Waals surface area contributed by atoms with E-state index in [9.17, 15) is 14.7 Å². The molecule has 3 aromatic rings. The van der Waals surface area contributed by atoms with Crippen molar-refractivity contribution in [1.82, 2.24) is 14.8 Å². The standard InChI is InChI=1S/C17H22ClN3O.C15H21NO4/c1-16(2)8-7-14(9-13-3-5-15(18)6-4-13)17(16,22)10-21-12-19-11-20-21;1-10-7-6-8-11(2)14(10)16(13(17)9-19-4)12(3)15(18)20-5/h3-6,11-12,14,22H,7-10H2,1-2H3;6-8,12H,9H2,1-5H3. The number of carbonyl (C=O) groups is 2. The highest BCUT2D eigenvalue weighted by Crippen LogP contribution is 2.51. The Kier molecular flexibility index (Phi) is 11.3. The minimum absolute atomic E-state index is 0.0882. The van der Waals surface area contributed by atoms with Crippen LogP contribution in [0.3, 0.4) is 0 Å². The fourth-order valence-electron chi connectivity index (χ4n) is 5.81. The molecule has 0 aliphatic heterocycles. The molecule has 42 heavy (non-hydrogen) atoms. The summed E-state index contributed by atoms with van der Waals surface area (Å²) in [7, 11) is 2.76. The van der Waals surface area contributed by atoms with Gasteiger partial charge in [-0.25, -0.2) is 9.78 Å². The van der Waals surface area contributed by atoms with Crippen LogP contribution >= 0.6 is 11.6 Å². The van der Waals surface area contributed by atoms with Crippen molar-refractivity contribution in [3.05, 3.63) is 76.8 Å². The van der Waals surface area contributed by atoms with E-state index in [1.165, 1.54) is 31.0 Å². The molecule has 0 radical (unpaired) electrons. The van der Waals surface area contributed by atoms with E-state index in [1.807, 2.05) is 56.3 Å². The molecule has 10 heteroatoms. The van der Waals surface area contributed by atoms with Crippen molar-refractivity contribution in [2.24, 2.45) is 11.3 Å². The van der Waals surface area contributed by atoms with E-state index >= 15 is 0 Å². The maximum Gasteiger partial charge on any atom is 0.328 e. The van der Waals surface area contributed by atoms with Gasteiger partial charge >= 0.3 is 5.97 Å². The van der Waals surface area contributed by atoms with Gasteiger partial charge in [-0.1, -0.05) is 55.8 Å². The van der Waals surface area contributed by atoms with Crippen LogP contribution in [-0.4, -0.2) is 64.2 Å². The minimum Gasteiger partial charge on any atom is -0.467 e. The van der Waals surface area contributed by atoms with Crippen molar-refractivity contribution in [1.29, 1.82) is 0 Å². The van der Waals surface area contributed by atoms with Crippen LogP contribution in [0.5, 0.6) is 0 Å². The number of aliphatic hydroxyl groups is 1. The second kappa shape index (κ2) is 14.3. The lowest BCUT2D eigenvalue weighted by Gasteiger charge is -2.40. The maximum atomic E-state index is 12.3. The quantitative estimate of drug-likeness (QED) is 0.338. The van der Waals surface area contributed by atoms with Gasteiger partial charge in [-0.2, -0.15) is 5.10 Å². The summed E-state index contributed by atoms with van der Waals surface area (Å²) in [6.45, 7) is 10.1. The molecule has 1 saturated carbocycles. The summed E-state index contributed by atoms with van der Waals surface area (Å²) in [6, 6.07) is 12.9. The molecule has 1 N–H and O–H groups in total. The summed E-state index contributed by atoms with van der Waals surface area (Å²) in [5.41, 5.74) is 2.85. The first kappa shape index (κ1) is 33.2. The van der Waals surface area contributed by atoms with Crippen LogP contribution in [-0.2, 0) is 32.0 Å². The number of hydrogen-bond donors (Lipinski definition) is 1. The van der Waals surface area contributed by atoms with Crippen molar-refractivity contribution in [2.45, 2.75) is 72.1 Å². The number of para-hydroxylation sites is 1. The lowest BCUT2D eigenvalue weighted by atomic mass is 9.72. The lowest BCUT2D eigenvalue weighted by Crippen LogP contribution is -2.49. The van der Waals surface area contributed by atoms with Gasteiger partial charge in [0.15, 0.2) is 0 Å². The van der Waals surface area contributed by atoms with E-state index < -0.39 is 17.6 Å². The van der Waals surface area contributed by atoms with Crippen molar-refractivity contribution in [2.75, 3.05) is 25.7 Å². The number of aromatic nitrogens is 3. The molecule has 0 spiro atoms. The highest BCUT2D eigenvalue weighted by atomic mass is 35.5. The van der Waals surface area contributed by atoms with Gasteiger partial charge < -0.3 is 14.6 Å². The second-order valence-corrected chi connectivity index (χ2v) is 12.0. The molecule has 1 aliphatic carbocycles. The summed E-state index contributed by atoms with van der Waals surface area (Å²) in [6.07, 6.45) is 6.06. The molecular formula is C32H43ClN4O5. The highest BCUT2D eigenvalue weighted by molar-refractivity contribution is 6.30. The molecule has 1 heterocycles. The van der Waals surface area contributed by atoms with Crippen LogP contribution in [0.15, 0.2) is 55.1 Å². The summed E-state index contributed by atoms with van der Waals surface area (Å²) in [5.74, 6) is -0.534. The number of aryl methyl sites for hydroxylation is 2. The zero-order chi connectivity index (χ0) is 31.1. The highest BCUT2D eigenvalue weighted by Gasteiger charge is 2.54. The van der Waals surface area contributed by atoms with E-state index in [-0.39, 0.29) is 23.8 Å². The number of methoxy groups -OCH3 is 2. The zero-order valence-corrected chi connectivity index (χ0v) is 26.4. The Morgan fingerprint density at radius 3 is 2.33 bits per heavy atom. The SMILES string of the molecule is CC1(C)CCC(Cc2ccc(Cl)cc2)C1(O)Cn1cncn1.COCC(=O)N(c1c(C)cccc1C)C(C)C(=O)OC. The van der Waals surface area contributed by atoms with Gasteiger partial charge in [0.2, 0.25) is 0 Å². The van der Waals surface area contributed by atoms with Gasteiger partial charge in [0.05, 0.1) is 24.9 Å². The number of rotatable bonds is 9. The van der Waals surface area contributed by atoms with Gasteiger partial charge in [-0.3, -0.25) is 14.4 Å². The Bertz CT molecular complexity index is 1310. The van der Waals surface area contributed by atoms with E-state index in [0.29, 0.717) is 6.54 Å². The molecule has 1 amide bonds. The summed E-state index contributed by atoms with van der Waals surface area (Å²) < 4.78 is 11.4. The van der Waals surface area contributed by atoms with Crippen LogP contribution in [0.25, 0.3) is 0 Å². The topological polar surface area (TPSA) is 107 Å². The number of ether oxygens (including phenoxy) is 2. The van der Waals surface area contributed by atoms with E-state index in [2.05, 4.69) is 23.9 Å². The molecule has 228 valence electrons. The predicted octanol–water partition coefficient (Wildman–Crippen LogP) is 5.19. The molecule has 0 saturated heterocycles. The van der Waals surface area contributed by atoms with Crippen LogP contribution < -0.4 is 4.90 Å². The number of halogens is 1. The smallest absolute Gasteiger partial charge is 0.328 e. The average Bonchev–Trinajstić information content (AvgIpc) is 3.53. The number of anilines is 1. The van der Waals surface area contributed by atoms with Crippen molar-refractivity contribution in [3.63, 3.8) is 0 Å². The van der Waals surface area contributed by atoms with E-state index in [4.69, 9.17) is 21.1 Å². The van der Waals surface area contributed by atoms with Crippen molar-refractivity contribution >= 4 is 29.2 Å². The Balaban J connectivity index is 0.000000232. The zero-order valence-electron chi connectivity index (χ0n) is 25.6. The first-order valence-corrected chi connectivity index (χ1v) is 14.5. The van der Waals surface area contributed by atoms with Crippen LogP contribution in [0, 0.1) is 25.2 Å². The minimum atomic E-state index is -0.791. The number of esters is 1. The molecule has 0 bridgehead atoms. The third-order valence-corrected chi connectivity index (χ3v) is 8.63. The van der Waals surface area contributed by atoms with Crippen molar-refractivity contribution < 1.29 is 24.2 Å². The Hall–Kier alpha value is -3.27. The molecule has 3 atom stereocenters. The van der Waals surface area contributed by atoms with Gasteiger partial charge in [0.25, 0.3) is 5.91 Å². The predicted molar refractivity (Wildman–Crippen MR) is 163 cm³/mol. The van der Waals surface area contributed by atoms with E-state index in [0.717, 1.165) is 41.1 Å². The third kappa shape index (κ3) is 7.56. The molecular weight excluding hydrogens is 556 g/mol. The lowest BCUT2D eigenvalue weighted by molar-refractivity contribution is -0.143. The van der Waals surface area contributed by atoms with Gasteiger partial charge in [0, 0.05) is 12.1 Å². The molecule has 3 unspecified atom stereocenters. The molecule has 4 rings (SSSR count). The summed E-state index contributed by atoms with van der Waals surface area (Å²) in [5, 5.41) is 16.4. The molecule has 9 nitrogen and oxygen atoms in total. The summed E-state index contributed by atoms with van der Waals surface area (Å²) in [4.78, 5) is 29.5. The first-order valence-electron chi connectivity index (χ1n) is 14.1. The van der Waals surface area contributed by atoms with Crippen molar-refractivity contribution in [3.8, 4) is 0 Å². The fraction of sp³-hybridized carbons (Fsp3) is 0.500. The molecule has 1 fully saturated rings. The van der Waals surface area contributed by atoms with Gasteiger partial charge in [0.1, 0.15) is 25.3 Å². The second-order valence-electron chi connectivity index (χ2n) is 11.6. The molecule has 1 aromatic heterocycles. The van der Waals surface area contributed by atoms with Crippen LogP contribution in [0.4, 0.5) is 5.69 Å². The number of nitrogens with zero attached hydrogens (tertiary/aromatic N) is 4. The third-order valence-electron chi connectivity index (χ3n) is 8.38. The largest absolute Gasteiger partial charge is 0.467 e. The fourth-order valence-corrected chi connectivity index (χ4v) is 5.94. The monoisotopic (exact) mass is 598 g/mol. The number of amides is 1. The number of benzene rings is 2. The summed E-state index contributed by atoms with van der Waals surface area (Å²) >= 11 is 5.96. The Labute approximate surface area is 253 Å². The Morgan fingerprint density at radius 2 is 1.79 bits per heavy atom. The van der Waals surface area contributed by atoms with Gasteiger partial charge in [-0.15, -0.1) is 0 Å².